The first-order valence-corrected chi connectivity index (χ1v) is 4.88. The van der Waals surface area contributed by atoms with Crippen molar-refractivity contribution in [3.05, 3.63) is 0 Å². The van der Waals surface area contributed by atoms with Crippen molar-refractivity contribution in [2.75, 3.05) is 5.75 Å². The van der Waals surface area contributed by atoms with E-state index < -0.39 is 23.7 Å². The molecule has 0 spiro atoms. The molecule has 0 aromatic heterocycles. The minimum absolute atomic E-state index is 0.00505. The van der Waals surface area contributed by atoms with Crippen LogP contribution in [0.4, 0.5) is 8.78 Å². The van der Waals surface area contributed by atoms with Gasteiger partial charge in [0.25, 0.3) is 5.76 Å². The molecule has 0 aromatic rings. The Morgan fingerprint density at radius 3 is 2.43 bits per heavy atom. The summed E-state index contributed by atoms with van der Waals surface area (Å²) >= 11 is 0.356. The van der Waals surface area contributed by atoms with Gasteiger partial charge < -0.3 is 10.4 Å². The van der Waals surface area contributed by atoms with E-state index in [1.807, 2.05) is 0 Å². The Kier molecular flexibility index (Phi) is 6.18. The van der Waals surface area contributed by atoms with E-state index in [0.29, 0.717) is 11.8 Å². The van der Waals surface area contributed by atoms with Gasteiger partial charge in [-0.1, -0.05) is 11.8 Å². The van der Waals surface area contributed by atoms with Gasteiger partial charge in [-0.15, -0.1) is 0 Å². The molecule has 0 aliphatic carbocycles. The SMILES string of the molecule is CC(=O)N[C@@H](CCSC(F)F)C(=O)O. The smallest absolute Gasteiger partial charge is 0.326 e. The van der Waals surface area contributed by atoms with Crippen LogP contribution >= 0.6 is 11.8 Å². The number of carbonyl (C=O) groups is 2. The summed E-state index contributed by atoms with van der Waals surface area (Å²) in [6.45, 7) is 1.18. The van der Waals surface area contributed by atoms with Gasteiger partial charge in [0.15, 0.2) is 0 Å². The highest BCUT2D eigenvalue weighted by atomic mass is 32.2. The van der Waals surface area contributed by atoms with E-state index >= 15 is 0 Å². The molecule has 2 N–H and O–H groups in total. The summed E-state index contributed by atoms with van der Waals surface area (Å²) in [7, 11) is 0. The third-order valence-corrected chi connectivity index (χ3v) is 2.05. The number of carboxylic acids is 1. The topological polar surface area (TPSA) is 66.4 Å². The monoisotopic (exact) mass is 227 g/mol. The third-order valence-electron chi connectivity index (χ3n) is 1.33. The Morgan fingerprint density at radius 1 is 1.50 bits per heavy atom. The fourth-order valence-corrected chi connectivity index (χ4v) is 1.33. The normalized spacial score (nSPS) is 12.6. The number of thioether (sulfide) groups is 1. The molecule has 0 fully saturated rings. The first-order valence-electron chi connectivity index (χ1n) is 3.83. The lowest BCUT2D eigenvalue weighted by Crippen LogP contribution is -2.39. The maximum Gasteiger partial charge on any atom is 0.326 e. The van der Waals surface area contributed by atoms with Gasteiger partial charge in [0.05, 0.1) is 0 Å². The maximum atomic E-state index is 11.7. The van der Waals surface area contributed by atoms with E-state index in [4.69, 9.17) is 5.11 Å². The zero-order valence-corrected chi connectivity index (χ0v) is 8.31. The summed E-state index contributed by atoms with van der Waals surface area (Å²) in [5.41, 5.74) is 0. The lowest BCUT2D eigenvalue weighted by Gasteiger charge is -2.12. The largest absolute Gasteiger partial charge is 0.480 e. The zero-order valence-electron chi connectivity index (χ0n) is 7.50. The Bertz CT molecular complexity index is 213. The fourth-order valence-electron chi connectivity index (χ4n) is 0.778. The molecule has 1 amide bonds. The van der Waals surface area contributed by atoms with E-state index in [1.54, 1.807) is 0 Å². The van der Waals surface area contributed by atoms with Crippen molar-refractivity contribution < 1.29 is 23.5 Å². The lowest BCUT2D eigenvalue weighted by molar-refractivity contribution is -0.141. The van der Waals surface area contributed by atoms with Crippen LogP contribution in [0, 0.1) is 0 Å². The van der Waals surface area contributed by atoms with E-state index in [0.717, 1.165) is 0 Å². The molecular weight excluding hydrogens is 216 g/mol. The Balaban J connectivity index is 3.86. The first kappa shape index (κ1) is 13.2. The molecule has 0 bridgehead atoms. The van der Waals surface area contributed by atoms with Crippen molar-refractivity contribution >= 4 is 23.6 Å². The van der Waals surface area contributed by atoms with Crippen molar-refractivity contribution in [1.29, 1.82) is 0 Å². The van der Waals surface area contributed by atoms with Gasteiger partial charge >= 0.3 is 5.97 Å². The number of nitrogens with one attached hydrogen (secondary N) is 1. The number of aliphatic carboxylic acids is 1. The third kappa shape index (κ3) is 6.64. The van der Waals surface area contributed by atoms with Gasteiger partial charge in [-0.05, 0) is 6.42 Å². The van der Waals surface area contributed by atoms with Crippen molar-refractivity contribution in [2.24, 2.45) is 0 Å². The van der Waals surface area contributed by atoms with Crippen LogP contribution in [-0.4, -0.2) is 34.5 Å². The summed E-state index contributed by atoms with van der Waals surface area (Å²) < 4.78 is 23.4. The van der Waals surface area contributed by atoms with Gasteiger partial charge in [-0.2, -0.15) is 8.78 Å². The number of halogens is 2. The van der Waals surface area contributed by atoms with Gasteiger partial charge in [0.1, 0.15) is 6.04 Å². The summed E-state index contributed by atoms with van der Waals surface area (Å²) in [6.07, 6.45) is -0.01000. The average Bonchev–Trinajstić information content (AvgIpc) is 2.00. The van der Waals surface area contributed by atoms with Crippen molar-refractivity contribution in [2.45, 2.75) is 25.1 Å². The Hall–Kier alpha value is -0.850. The van der Waals surface area contributed by atoms with Crippen molar-refractivity contribution in [3.63, 3.8) is 0 Å². The second-order valence-corrected chi connectivity index (χ2v) is 3.61. The second-order valence-electron chi connectivity index (χ2n) is 2.51. The predicted molar refractivity (Wildman–Crippen MR) is 48.3 cm³/mol. The molecule has 0 saturated carbocycles. The van der Waals surface area contributed by atoms with E-state index in [9.17, 15) is 18.4 Å². The zero-order chi connectivity index (χ0) is 11.1. The summed E-state index contributed by atoms with van der Waals surface area (Å²) in [4.78, 5) is 21.0. The van der Waals surface area contributed by atoms with Crippen LogP contribution in [0.1, 0.15) is 13.3 Å². The molecular formula is C7H11F2NO3S. The molecule has 0 heterocycles. The fraction of sp³-hybridized carbons (Fsp3) is 0.714. The van der Waals surface area contributed by atoms with Gasteiger partial charge in [0, 0.05) is 12.7 Å². The maximum absolute atomic E-state index is 11.7. The van der Waals surface area contributed by atoms with Crippen LogP contribution < -0.4 is 5.32 Å². The summed E-state index contributed by atoms with van der Waals surface area (Å²) in [5.74, 6) is -4.22. The van der Waals surface area contributed by atoms with E-state index in [-0.39, 0.29) is 12.2 Å². The number of hydrogen-bond donors (Lipinski definition) is 2. The minimum Gasteiger partial charge on any atom is -0.480 e. The quantitative estimate of drug-likeness (QED) is 0.708. The standard InChI is InChI=1S/C7H11F2NO3S/c1-4(11)10-5(6(12)13)2-3-14-7(8)9/h5,7H,2-3H2,1H3,(H,10,11)(H,12,13)/t5-/m0/s1. The van der Waals surface area contributed by atoms with Crippen LogP contribution in [0.25, 0.3) is 0 Å². The minimum atomic E-state index is -2.51. The Morgan fingerprint density at radius 2 is 2.07 bits per heavy atom. The predicted octanol–water partition coefficient (Wildman–Crippen LogP) is 0.922. The molecule has 1 atom stereocenters. The summed E-state index contributed by atoms with van der Waals surface area (Å²) in [5, 5.41) is 10.7. The number of rotatable bonds is 6. The van der Waals surface area contributed by atoms with Crippen LogP contribution in [0.5, 0.6) is 0 Å². The van der Waals surface area contributed by atoms with E-state index in [2.05, 4.69) is 5.32 Å². The van der Waals surface area contributed by atoms with Gasteiger partial charge in [0.2, 0.25) is 5.91 Å². The van der Waals surface area contributed by atoms with Crippen molar-refractivity contribution in [1.82, 2.24) is 5.32 Å². The molecule has 0 unspecified atom stereocenters. The molecule has 0 aliphatic rings. The molecule has 82 valence electrons. The first-order chi connectivity index (χ1) is 6.43. The molecule has 4 nitrogen and oxygen atoms in total. The highest BCUT2D eigenvalue weighted by molar-refractivity contribution is 7.99. The lowest BCUT2D eigenvalue weighted by atomic mass is 10.2. The molecule has 0 radical (unpaired) electrons. The number of hydrogen-bond acceptors (Lipinski definition) is 3. The highest BCUT2D eigenvalue weighted by Crippen LogP contribution is 2.15. The van der Waals surface area contributed by atoms with E-state index in [1.165, 1.54) is 6.92 Å². The molecule has 0 rings (SSSR count). The van der Waals surface area contributed by atoms with Crippen molar-refractivity contribution in [3.8, 4) is 0 Å². The summed E-state index contributed by atoms with van der Waals surface area (Å²) in [6, 6.07) is -1.08. The molecule has 0 aromatic carbocycles. The van der Waals surface area contributed by atoms with Crippen LogP contribution in [0.2, 0.25) is 0 Å². The van der Waals surface area contributed by atoms with Crippen LogP contribution in [-0.2, 0) is 9.59 Å². The van der Waals surface area contributed by atoms with Gasteiger partial charge in [-0.25, -0.2) is 4.79 Å². The Labute approximate surface area is 84.1 Å². The molecule has 14 heavy (non-hydrogen) atoms. The van der Waals surface area contributed by atoms with Crippen LogP contribution in [0.15, 0.2) is 0 Å². The van der Waals surface area contributed by atoms with Crippen LogP contribution in [0.3, 0.4) is 0 Å². The molecule has 7 heteroatoms. The average molecular weight is 227 g/mol. The molecule has 0 aliphatic heterocycles. The molecule has 0 saturated heterocycles. The number of amides is 1. The highest BCUT2D eigenvalue weighted by Gasteiger charge is 2.18. The number of carboxylic acid groups (broad SMARTS) is 1. The number of alkyl halides is 2. The van der Waals surface area contributed by atoms with Gasteiger partial charge in [-0.3, -0.25) is 4.79 Å². The number of carbonyl (C=O) groups excluding carboxylic acids is 1. The second kappa shape index (κ2) is 6.58.